The van der Waals surface area contributed by atoms with Crippen molar-refractivity contribution in [2.75, 3.05) is 18.4 Å². The monoisotopic (exact) mass is 524 g/mol. The van der Waals surface area contributed by atoms with E-state index in [0.717, 1.165) is 60.9 Å². The van der Waals surface area contributed by atoms with Crippen molar-refractivity contribution < 1.29 is 4.79 Å². The molecule has 1 amide bonds. The lowest BCUT2D eigenvalue weighted by molar-refractivity contribution is 0.102. The van der Waals surface area contributed by atoms with Crippen LogP contribution in [0.15, 0.2) is 79.1 Å². The first-order valence-corrected chi connectivity index (χ1v) is 13.9. The van der Waals surface area contributed by atoms with E-state index < -0.39 is 0 Å². The Balaban J connectivity index is 1.36. The number of carbonyl (C=O) groups excluding carboxylic acids is 1. The number of imidazole rings is 1. The van der Waals surface area contributed by atoms with Crippen LogP contribution in [-0.2, 0) is 26.2 Å². The molecular formula is C32H40N6O. The third-order valence-corrected chi connectivity index (χ3v) is 6.58. The van der Waals surface area contributed by atoms with Gasteiger partial charge in [0.1, 0.15) is 5.82 Å². The van der Waals surface area contributed by atoms with Crippen LogP contribution in [-0.4, -0.2) is 43.7 Å². The fraction of sp³-hybridized carbons (Fsp3) is 0.344. The molecule has 4 aromatic rings. The van der Waals surface area contributed by atoms with Crippen LogP contribution < -0.4 is 5.32 Å². The number of nitrogens with one attached hydrogen (secondary N) is 2. The molecule has 0 spiro atoms. The zero-order valence-electron chi connectivity index (χ0n) is 23.4. The number of anilines is 1. The number of rotatable bonds is 14. The average molecular weight is 525 g/mol. The molecule has 2 heterocycles. The topological polar surface area (TPSA) is 77.2 Å². The normalized spacial score (nSPS) is 11.3. The second kappa shape index (κ2) is 14.4. The van der Waals surface area contributed by atoms with E-state index in [0.29, 0.717) is 25.2 Å². The number of nitrogens with zero attached hydrogens (tertiary/aromatic N) is 4. The summed E-state index contributed by atoms with van der Waals surface area (Å²) in [5.74, 6) is 0.803. The van der Waals surface area contributed by atoms with Crippen molar-refractivity contribution in [1.82, 2.24) is 24.8 Å². The number of H-pyrrole nitrogens is 1. The van der Waals surface area contributed by atoms with Crippen LogP contribution in [0.5, 0.6) is 0 Å². The molecule has 0 saturated heterocycles. The Hall–Kier alpha value is -3.81. The minimum atomic E-state index is -0.107. The van der Waals surface area contributed by atoms with E-state index in [-0.39, 0.29) is 5.91 Å². The van der Waals surface area contributed by atoms with Gasteiger partial charge in [0.2, 0.25) is 0 Å². The van der Waals surface area contributed by atoms with E-state index in [2.05, 4.69) is 62.1 Å². The van der Waals surface area contributed by atoms with Gasteiger partial charge in [-0.15, -0.1) is 0 Å². The number of hydrogen-bond donors (Lipinski definition) is 2. The Morgan fingerprint density at radius 2 is 1.49 bits per heavy atom. The Morgan fingerprint density at radius 3 is 2.10 bits per heavy atom. The molecule has 4 rings (SSSR count). The summed E-state index contributed by atoms with van der Waals surface area (Å²) in [6.07, 6.45) is 5.91. The molecule has 0 aliphatic carbocycles. The molecule has 7 nitrogen and oxygen atoms in total. The molecule has 0 unspecified atom stereocenters. The molecule has 0 atom stereocenters. The maximum atomic E-state index is 12.9. The largest absolute Gasteiger partial charge is 0.348 e. The highest BCUT2D eigenvalue weighted by Gasteiger charge is 2.12. The Bertz CT molecular complexity index is 1280. The minimum absolute atomic E-state index is 0.107. The van der Waals surface area contributed by atoms with Crippen LogP contribution in [0.25, 0.3) is 0 Å². The van der Waals surface area contributed by atoms with E-state index in [1.165, 1.54) is 5.56 Å². The average Bonchev–Trinajstić information content (AvgIpc) is 3.43. The van der Waals surface area contributed by atoms with E-state index >= 15 is 0 Å². The molecule has 2 aromatic heterocycles. The van der Waals surface area contributed by atoms with Gasteiger partial charge in [-0.1, -0.05) is 44.2 Å². The zero-order valence-corrected chi connectivity index (χ0v) is 23.4. The quantitative estimate of drug-likeness (QED) is 0.206. The highest BCUT2D eigenvalue weighted by atomic mass is 16.1. The fourth-order valence-electron chi connectivity index (χ4n) is 4.76. The summed E-state index contributed by atoms with van der Waals surface area (Å²) < 4.78 is 0. The molecule has 2 N–H and O–H groups in total. The Morgan fingerprint density at radius 1 is 0.821 bits per heavy atom. The lowest BCUT2D eigenvalue weighted by Crippen LogP contribution is -2.24. The van der Waals surface area contributed by atoms with Crippen LogP contribution in [0, 0.1) is 6.92 Å². The number of aromatic nitrogens is 3. The standard InChI is InChI=1S/C32H40N6O/c1-4-19-37(20-5-2)21-27-11-15-29(16-12-27)36-32(39)28-13-9-26(10-14-28)22-38(24-31-33-17-18-34-31)23-30-8-6-7-25(3)35-30/h6-18H,4-5,19-24H2,1-3H3,(H,33,34)(H,36,39). The van der Waals surface area contributed by atoms with Crippen molar-refractivity contribution in [1.29, 1.82) is 0 Å². The summed E-state index contributed by atoms with van der Waals surface area (Å²) in [7, 11) is 0. The highest BCUT2D eigenvalue weighted by Crippen LogP contribution is 2.16. The Kier molecular flexibility index (Phi) is 10.4. The first-order valence-electron chi connectivity index (χ1n) is 13.9. The minimum Gasteiger partial charge on any atom is -0.348 e. The molecular weight excluding hydrogens is 484 g/mol. The van der Waals surface area contributed by atoms with E-state index in [1.54, 1.807) is 6.20 Å². The lowest BCUT2D eigenvalue weighted by Gasteiger charge is -2.21. The third kappa shape index (κ3) is 8.87. The summed E-state index contributed by atoms with van der Waals surface area (Å²) in [6.45, 7) is 11.7. The van der Waals surface area contributed by atoms with Crippen molar-refractivity contribution in [3.63, 3.8) is 0 Å². The van der Waals surface area contributed by atoms with Gasteiger partial charge < -0.3 is 10.3 Å². The Labute approximate surface area is 232 Å². The highest BCUT2D eigenvalue weighted by molar-refractivity contribution is 6.04. The second-order valence-electron chi connectivity index (χ2n) is 10.1. The van der Waals surface area contributed by atoms with Gasteiger partial charge in [0.05, 0.1) is 12.2 Å². The maximum Gasteiger partial charge on any atom is 0.255 e. The first-order chi connectivity index (χ1) is 19.0. The van der Waals surface area contributed by atoms with E-state index in [9.17, 15) is 4.79 Å². The number of carbonyl (C=O) groups is 1. The van der Waals surface area contributed by atoms with Crippen LogP contribution in [0.2, 0.25) is 0 Å². The number of benzene rings is 2. The van der Waals surface area contributed by atoms with E-state index in [1.807, 2.05) is 61.7 Å². The van der Waals surface area contributed by atoms with Crippen LogP contribution in [0.1, 0.15) is 65.4 Å². The SMILES string of the molecule is CCCN(CCC)Cc1ccc(NC(=O)c2ccc(CN(Cc3cccc(C)n3)Cc3ncc[nH]3)cc2)cc1. The van der Waals surface area contributed by atoms with Gasteiger partial charge in [-0.05, 0) is 80.4 Å². The van der Waals surface area contributed by atoms with Crippen molar-refractivity contribution in [2.45, 2.75) is 59.8 Å². The van der Waals surface area contributed by atoms with Gasteiger partial charge in [0.25, 0.3) is 5.91 Å². The first kappa shape index (κ1) is 28.2. The van der Waals surface area contributed by atoms with Crippen molar-refractivity contribution in [2.24, 2.45) is 0 Å². The van der Waals surface area contributed by atoms with E-state index in [4.69, 9.17) is 0 Å². The van der Waals surface area contributed by atoms with Gasteiger partial charge in [0.15, 0.2) is 0 Å². The molecule has 0 radical (unpaired) electrons. The third-order valence-electron chi connectivity index (χ3n) is 6.58. The molecule has 7 heteroatoms. The van der Waals surface area contributed by atoms with Crippen molar-refractivity contribution >= 4 is 11.6 Å². The summed E-state index contributed by atoms with van der Waals surface area (Å²) in [5.41, 5.74) is 5.86. The molecule has 204 valence electrons. The predicted molar refractivity (Wildman–Crippen MR) is 157 cm³/mol. The number of hydrogen-bond acceptors (Lipinski definition) is 5. The molecule has 0 saturated carbocycles. The zero-order chi connectivity index (χ0) is 27.5. The van der Waals surface area contributed by atoms with Crippen LogP contribution in [0.4, 0.5) is 5.69 Å². The van der Waals surface area contributed by atoms with Gasteiger partial charge in [-0.2, -0.15) is 0 Å². The molecule has 0 aliphatic rings. The van der Waals surface area contributed by atoms with Gasteiger partial charge in [-0.3, -0.25) is 19.6 Å². The maximum absolute atomic E-state index is 12.9. The number of aromatic amines is 1. The molecule has 0 bridgehead atoms. The van der Waals surface area contributed by atoms with Crippen LogP contribution >= 0.6 is 0 Å². The lowest BCUT2D eigenvalue weighted by atomic mass is 10.1. The molecule has 0 fully saturated rings. The van der Waals surface area contributed by atoms with Gasteiger partial charge in [-0.25, -0.2) is 4.98 Å². The van der Waals surface area contributed by atoms with Crippen molar-refractivity contribution in [3.8, 4) is 0 Å². The summed E-state index contributed by atoms with van der Waals surface area (Å²) in [5, 5.41) is 3.03. The summed E-state index contributed by atoms with van der Waals surface area (Å²) in [6, 6.07) is 22.1. The number of amides is 1. The summed E-state index contributed by atoms with van der Waals surface area (Å²) >= 11 is 0. The number of pyridine rings is 1. The number of aryl methyl sites for hydroxylation is 1. The van der Waals surface area contributed by atoms with Gasteiger partial charge in [0, 0.05) is 49.0 Å². The molecule has 2 aromatic carbocycles. The fourth-order valence-corrected chi connectivity index (χ4v) is 4.76. The smallest absolute Gasteiger partial charge is 0.255 e. The predicted octanol–water partition coefficient (Wildman–Crippen LogP) is 6.19. The van der Waals surface area contributed by atoms with Crippen molar-refractivity contribution in [3.05, 3.63) is 113 Å². The summed E-state index contributed by atoms with van der Waals surface area (Å²) in [4.78, 5) is 29.9. The van der Waals surface area contributed by atoms with Gasteiger partial charge >= 0.3 is 0 Å². The molecule has 0 aliphatic heterocycles. The second-order valence-corrected chi connectivity index (χ2v) is 10.1. The molecule has 39 heavy (non-hydrogen) atoms. The van der Waals surface area contributed by atoms with Crippen LogP contribution in [0.3, 0.4) is 0 Å².